The van der Waals surface area contributed by atoms with E-state index in [0.717, 1.165) is 12.8 Å². The summed E-state index contributed by atoms with van der Waals surface area (Å²) in [7, 11) is 6.32. The molecule has 3 rings (SSSR count). The van der Waals surface area contributed by atoms with Gasteiger partial charge in [0, 0.05) is 19.2 Å². The van der Waals surface area contributed by atoms with Crippen LogP contribution in [0.25, 0.3) is 22.6 Å². The van der Waals surface area contributed by atoms with E-state index in [9.17, 15) is 9.59 Å². The Kier molecular flexibility index (Phi) is 5.43. The van der Waals surface area contributed by atoms with Crippen LogP contribution in [0.4, 0.5) is 0 Å². The molecule has 28 heavy (non-hydrogen) atoms. The predicted octanol–water partition coefficient (Wildman–Crippen LogP) is 1.92. The lowest BCUT2D eigenvalue weighted by Crippen LogP contribution is -2.31. The van der Waals surface area contributed by atoms with Gasteiger partial charge in [0.2, 0.25) is 5.75 Å². The molecule has 1 aromatic carbocycles. The normalized spacial score (nSPS) is 11.0. The first-order valence-electron chi connectivity index (χ1n) is 8.96. The summed E-state index contributed by atoms with van der Waals surface area (Å²) in [5.41, 5.74) is 0.428. The van der Waals surface area contributed by atoms with Crippen molar-refractivity contribution in [1.82, 2.24) is 19.1 Å². The van der Waals surface area contributed by atoms with Gasteiger partial charge in [-0.05, 0) is 18.6 Å². The zero-order valence-electron chi connectivity index (χ0n) is 16.7. The lowest BCUT2D eigenvalue weighted by molar-refractivity contribution is 0.324. The lowest BCUT2D eigenvalue weighted by Gasteiger charge is -2.14. The molecule has 0 aliphatic rings. The van der Waals surface area contributed by atoms with E-state index in [4.69, 9.17) is 14.2 Å². The molecule has 0 fully saturated rings. The highest BCUT2D eigenvalue weighted by molar-refractivity contribution is 5.78. The Morgan fingerprint density at radius 3 is 2.25 bits per heavy atom. The first-order chi connectivity index (χ1) is 13.5. The van der Waals surface area contributed by atoms with Crippen molar-refractivity contribution in [3.63, 3.8) is 0 Å². The van der Waals surface area contributed by atoms with E-state index in [1.54, 1.807) is 23.7 Å². The van der Waals surface area contributed by atoms with Gasteiger partial charge in [-0.2, -0.15) is 0 Å². The maximum absolute atomic E-state index is 12.4. The van der Waals surface area contributed by atoms with Gasteiger partial charge in [0.25, 0.3) is 5.56 Å². The second kappa shape index (κ2) is 7.79. The molecule has 0 spiro atoms. The van der Waals surface area contributed by atoms with Crippen molar-refractivity contribution in [3.8, 4) is 28.6 Å². The van der Waals surface area contributed by atoms with Crippen molar-refractivity contribution < 1.29 is 14.2 Å². The quantitative estimate of drug-likeness (QED) is 0.664. The fourth-order valence-electron chi connectivity index (χ4n) is 3.24. The van der Waals surface area contributed by atoms with Gasteiger partial charge < -0.3 is 18.8 Å². The number of ether oxygens (including phenoxy) is 3. The number of aryl methyl sites for hydroxylation is 2. The van der Waals surface area contributed by atoms with Crippen molar-refractivity contribution >= 4 is 11.2 Å². The molecule has 9 heteroatoms. The summed E-state index contributed by atoms with van der Waals surface area (Å²) < 4.78 is 19.3. The fourth-order valence-corrected chi connectivity index (χ4v) is 3.24. The molecule has 2 aromatic heterocycles. The Morgan fingerprint density at radius 2 is 1.71 bits per heavy atom. The molecule has 150 valence electrons. The molecule has 0 saturated heterocycles. The smallest absolute Gasteiger partial charge is 0.330 e. The van der Waals surface area contributed by atoms with Crippen molar-refractivity contribution in [3.05, 3.63) is 33.0 Å². The highest BCUT2D eigenvalue weighted by Gasteiger charge is 2.20. The summed E-state index contributed by atoms with van der Waals surface area (Å²) >= 11 is 0. The van der Waals surface area contributed by atoms with Crippen LogP contribution in [0.5, 0.6) is 17.2 Å². The highest BCUT2D eigenvalue weighted by Crippen LogP contribution is 2.41. The molecule has 1 N–H and O–H groups in total. The van der Waals surface area contributed by atoms with E-state index in [-0.39, 0.29) is 0 Å². The number of rotatable bonds is 7. The van der Waals surface area contributed by atoms with Gasteiger partial charge in [-0.15, -0.1) is 0 Å². The number of imidazole rings is 1. The molecular weight excluding hydrogens is 364 g/mol. The number of H-pyrrole nitrogens is 1. The monoisotopic (exact) mass is 388 g/mol. The van der Waals surface area contributed by atoms with E-state index in [2.05, 4.69) is 9.97 Å². The lowest BCUT2D eigenvalue weighted by atomic mass is 10.1. The van der Waals surface area contributed by atoms with Gasteiger partial charge in [0.05, 0.1) is 21.3 Å². The number of nitrogens with one attached hydrogen (secondary N) is 1. The van der Waals surface area contributed by atoms with Gasteiger partial charge >= 0.3 is 5.69 Å². The van der Waals surface area contributed by atoms with Crippen LogP contribution in [0.1, 0.15) is 19.8 Å². The molecule has 0 amide bonds. The summed E-state index contributed by atoms with van der Waals surface area (Å²) in [6, 6.07) is 3.51. The minimum Gasteiger partial charge on any atom is -0.493 e. The Bertz CT molecular complexity index is 1100. The molecule has 9 nitrogen and oxygen atoms in total. The van der Waals surface area contributed by atoms with Gasteiger partial charge in [0.15, 0.2) is 22.7 Å². The minimum absolute atomic E-state index is 0.333. The molecule has 0 radical (unpaired) electrons. The van der Waals surface area contributed by atoms with E-state index in [1.807, 2.05) is 6.92 Å². The summed E-state index contributed by atoms with van der Waals surface area (Å²) in [4.78, 5) is 31.7. The van der Waals surface area contributed by atoms with Crippen molar-refractivity contribution in [2.75, 3.05) is 21.3 Å². The Hall–Kier alpha value is -3.23. The van der Waals surface area contributed by atoms with Crippen LogP contribution in [0.15, 0.2) is 21.7 Å². The fraction of sp³-hybridized carbons (Fsp3) is 0.421. The minimum atomic E-state index is -0.471. The van der Waals surface area contributed by atoms with E-state index >= 15 is 0 Å². The number of unbranched alkanes of at least 4 members (excludes halogenated alkanes) is 1. The molecule has 0 atom stereocenters. The van der Waals surface area contributed by atoms with Gasteiger partial charge in [-0.25, -0.2) is 9.78 Å². The van der Waals surface area contributed by atoms with Crippen molar-refractivity contribution in [1.29, 1.82) is 0 Å². The summed E-state index contributed by atoms with van der Waals surface area (Å²) in [5, 5.41) is 0. The number of fused-ring (bicyclic) bond motifs is 1. The third-order valence-corrected chi connectivity index (χ3v) is 4.67. The average Bonchev–Trinajstić information content (AvgIpc) is 3.04. The number of hydrogen-bond donors (Lipinski definition) is 1. The third kappa shape index (κ3) is 3.12. The topological polar surface area (TPSA) is 100 Å². The van der Waals surface area contributed by atoms with E-state index in [0.29, 0.717) is 46.3 Å². The molecular formula is C19H24N4O5. The Labute approximate surface area is 161 Å². The molecule has 0 aliphatic carbocycles. The zero-order valence-corrected chi connectivity index (χ0v) is 16.7. The molecule has 0 bridgehead atoms. The number of hydrogen-bond acceptors (Lipinski definition) is 6. The van der Waals surface area contributed by atoms with Crippen LogP contribution >= 0.6 is 0 Å². The number of methoxy groups -OCH3 is 3. The number of aromatic nitrogens is 4. The molecule has 0 unspecified atom stereocenters. The molecule has 0 aliphatic heterocycles. The number of benzene rings is 1. The Balaban J connectivity index is 2.31. The SMILES string of the molecule is CCCCn1c(=O)[nH]c(=O)c2c1nc(-c1cc(OC)c(OC)c(OC)c1)n2C. The van der Waals surface area contributed by atoms with Crippen LogP contribution in [0.2, 0.25) is 0 Å². The van der Waals surface area contributed by atoms with Crippen LogP contribution in [0.3, 0.4) is 0 Å². The van der Waals surface area contributed by atoms with Gasteiger partial charge in [-0.1, -0.05) is 13.3 Å². The third-order valence-electron chi connectivity index (χ3n) is 4.67. The Morgan fingerprint density at radius 1 is 1.07 bits per heavy atom. The van der Waals surface area contributed by atoms with E-state index < -0.39 is 11.2 Å². The maximum atomic E-state index is 12.4. The molecule has 3 aromatic rings. The van der Waals surface area contributed by atoms with Crippen LogP contribution < -0.4 is 25.5 Å². The first kappa shape index (κ1) is 19.5. The van der Waals surface area contributed by atoms with Crippen LogP contribution in [0, 0.1) is 0 Å². The molecule has 0 saturated carbocycles. The van der Waals surface area contributed by atoms with Crippen molar-refractivity contribution in [2.45, 2.75) is 26.3 Å². The number of aromatic amines is 1. The predicted molar refractivity (Wildman–Crippen MR) is 106 cm³/mol. The van der Waals surface area contributed by atoms with E-state index in [1.165, 1.54) is 25.9 Å². The standard InChI is InChI=1S/C19H24N4O5/c1-6-7-8-23-17-14(18(24)21-19(23)25)22(2)16(20-17)11-9-12(26-3)15(28-5)13(10-11)27-4/h9-10H,6-8H2,1-5H3,(H,21,24,25). The summed E-state index contributed by atoms with van der Waals surface area (Å²) in [6.07, 6.45) is 1.72. The van der Waals surface area contributed by atoms with Crippen LogP contribution in [-0.2, 0) is 13.6 Å². The first-order valence-corrected chi connectivity index (χ1v) is 8.96. The summed E-state index contributed by atoms with van der Waals surface area (Å²) in [6.45, 7) is 2.52. The van der Waals surface area contributed by atoms with Crippen molar-refractivity contribution in [2.24, 2.45) is 7.05 Å². The average molecular weight is 388 g/mol. The second-order valence-corrected chi connectivity index (χ2v) is 6.35. The zero-order chi connectivity index (χ0) is 20.4. The highest BCUT2D eigenvalue weighted by atomic mass is 16.5. The van der Waals surface area contributed by atoms with Gasteiger partial charge in [-0.3, -0.25) is 14.3 Å². The largest absolute Gasteiger partial charge is 0.493 e. The number of nitrogens with zero attached hydrogens (tertiary/aromatic N) is 3. The second-order valence-electron chi connectivity index (χ2n) is 6.35. The molecule has 2 heterocycles. The van der Waals surface area contributed by atoms with Crippen LogP contribution in [-0.4, -0.2) is 40.4 Å². The summed E-state index contributed by atoms with van der Waals surface area (Å²) in [5.74, 6) is 1.92. The van der Waals surface area contributed by atoms with Gasteiger partial charge in [0.1, 0.15) is 5.82 Å². The maximum Gasteiger partial charge on any atom is 0.330 e.